The Morgan fingerprint density at radius 3 is 2.04 bits per heavy atom. The highest BCUT2D eigenvalue weighted by Crippen LogP contribution is 2.34. The highest BCUT2D eigenvalue weighted by Gasteiger charge is 2.18. The Hall–Kier alpha value is -10.5. The number of pyridine rings is 2. The fraction of sp³-hybridized carbons (Fsp3) is 0.0484. The van der Waals surface area contributed by atoms with Gasteiger partial charge in [0.05, 0.1) is 22.5 Å². The molecule has 5 aromatic carbocycles. The summed E-state index contributed by atoms with van der Waals surface area (Å²) in [7, 11) is 0. The van der Waals surface area contributed by atoms with Crippen molar-refractivity contribution in [2.45, 2.75) is 19.8 Å². The van der Waals surface area contributed by atoms with Crippen molar-refractivity contribution in [3.05, 3.63) is 266 Å². The first-order valence-corrected chi connectivity index (χ1v) is 24.2. The van der Waals surface area contributed by atoms with Gasteiger partial charge < -0.3 is 21.3 Å². The predicted octanol–water partition coefficient (Wildman–Crippen LogP) is 12.6. The number of aromatic nitrogens is 7. The predicted molar refractivity (Wildman–Crippen MR) is 301 cm³/mol. The lowest BCUT2D eigenvalue weighted by Crippen LogP contribution is -2.12. The van der Waals surface area contributed by atoms with Crippen LogP contribution in [-0.4, -0.2) is 52.1 Å². The molecule has 76 heavy (non-hydrogen) atoms. The van der Waals surface area contributed by atoms with Gasteiger partial charge >= 0.3 is 0 Å². The van der Waals surface area contributed by atoms with E-state index in [-0.39, 0.29) is 24.0 Å². The number of ketones is 1. The lowest BCUT2D eigenvalue weighted by atomic mass is 10.0. The van der Waals surface area contributed by atoms with Crippen LogP contribution in [0.2, 0.25) is 0 Å². The summed E-state index contributed by atoms with van der Waals surface area (Å²) in [5, 5.41) is 17.1. The molecule has 5 heterocycles. The molecule has 0 aliphatic carbocycles. The maximum Gasteiger partial charge on any atom is 0.255 e. The molecule has 4 N–H and O–H groups in total. The number of anilines is 5. The number of allylic oxidation sites excluding steroid dienone is 2. The number of nitrogens with zero attached hydrogens (tertiary/aromatic N) is 7. The van der Waals surface area contributed by atoms with Crippen molar-refractivity contribution in [2.75, 3.05) is 21.3 Å². The topological polar surface area (TPSA) is 181 Å². The average Bonchev–Trinajstić information content (AvgIpc) is 3.86. The quantitative estimate of drug-likeness (QED) is 0.0503. The maximum absolute atomic E-state index is 12.8. The number of amides is 2. The van der Waals surface area contributed by atoms with Crippen LogP contribution in [0.1, 0.15) is 43.2 Å². The van der Waals surface area contributed by atoms with E-state index < -0.39 is 0 Å². The molecule has 0 saturated carbocycles. The van der Waals surface area contributed by atoms with Crippen molar-refractivity contribution in [2.24, 2.45) is 0 Å². The van der Waals surface area contributed by atoms with Gasteiger partial charge in [0.1, 0.15) is 11.5 Å². The maximum atomic E-state index is 12.8. The van der Waals surface area contributed by atoms with E-state index in [1.54, 1.807) is 73.3 Å². The van der Waals surface area contributed by atoms with Crippen LogP contribution >= 0.6 is 0 Å². The molecular weight excluding hydrogens is 947 g/mol. The van der Waals surface area contributed by atoms with Crippen molar-refractivity contribution >= 4 is 51.8 Å². The molecule has 10 aromatic rings. The van der Waals surface area contributed by atoms with E-state index in [2.05, 4.69) is 60.9 Å². The molecule has 0 radical (unpaired) electrons. The second-order valence-electron chi connectivity index (χ2n) is 17.4. The normalized spacial score (nSPS) is 10.6. The summed E-state index contributed by atoms with van der Waals surface area (Å²) < 4.78 is 1.86. The minimum Gasteiger partial charge on any atom is -0.356 e. The highest BCUT2D eigenvalue weighted by atomic mass is 16.2. The van der Waals surface area contributed by atoms with Gasteiger partial charge in [0.2, 0.25) is 5.95 Å². The number of carbonyl (C=O) groups excluding carboxylic acids is 3. The first kappa shape index (κ1) is 50.5. The van der Waals surface area contributed by atoms with Gasteiger partial charge in [-0.15, -0.1) is 0 Å². The molecule has 0 aliphatic rings. The van der Waals surface area contributed by atoms with Crippen molar-refractivity contribution in [1.82, 2.24) is 34.5 Å². The monoisotopic (exact) mass is 997 g/mol. The van der Waals surface area contributed by atoms with Crippen molar-refractivity contribution < 1.29 is 14.4 Å². The first-order valence-electron chi connectivity index (χ1n) is 24.2. The van der Waals surface area contributed by atoms with Crippen LogP contribution in [-0.2, 0) is 17.6 Å². The van der Waals surface area contributed by atoms with E-state index in [9.17, 15) is 14.4 Å². The van der Waals surface area contributed by atoms with Crippen LogP contribution in [0.15, 0.2) is 232 Å². The van der Waals surface area contributed by atoms with E-state index in [1.165, 1.54) is 6.08 Å². The molecule has 0 spiro atoms. The first-order chi connectivity index (χ1) is 37.1. The third kappa shape index (κ3) is 12.8. The van der Waals surface area contributed by atoms with Gasteiger partial charge in [-0.1, -0.05) is 86.5 Å². The third-order valence-corrected chi connectivity index (χ3v) is 12.0. The molecule has 5 aromatic heterocycles. The van der Waals surface area contributed by atoms with Crippen molar-refractivity contribution in [3.63, 3.8) is 0 Å². The lowest BCUT2D eigenvalue weighted by molar-refractivity contribution is -0.114. The number of carbonyl (C=O) groups is 3. The second kappa shape index (κ2) is 23.8. The zero-order valence-corrected chi connectivity index (χ0v) is 41.5. The Kier molecular flexibility index (Phi) is 15.8. The van der Waals surface area contributed by atoms with Gasteiger partial charge in [-0.2, -0.15) is 5.10 Å². The third-order valence-electron chi connectivity index (χ3n) is 12.0. The molecule has 0 atom stereocenters. The summed E-state index contributed by atoms with van der Waals surface area (Å²) in [6.07, 6.45) is 12.6. The summed E-state index contributed by atoms with van der Waals surface area (Å²) in [6, 6.07) is 51.1. The van der Waals surface area contributed by atoms with E-state index in [0.717, 1.165) is 73.2 Å². The number of aryl methyl sites for hydroxylation is 1. The Morgan fingerprint density at radius 1 is 0.605 bits per heavy atom. The Labute approximate surface area is 439 Å². The Balaban J connectivity index is 0.000000190. The molecule has 0 fully saturated rings. The van der Waals surface area contributed by atoms with E-state index in [1.807, 2.05) is 139 Å². The van der Waals surface area contributed by atoms with Crippen LogP contribution in [0.5, 0.6) is 0 Å². The number of nitrogens with one attached hydrogen (secondary N) is 4. The lowest BCUT2D eigenvalue weighted by Gasteiger charge is -2.12. The average molecular weight is 998 g/mol. The van der Waals surface area contributed by atoms with Crippen LogP contribution in [0, 0.1) is 6.92 Å². The summed E-state index contributed by atoms with van der Waals surface area (Å²) >= 11 is 0. The zero-order chi connectivity index (χ0) is 52.8. The zero-order valence-electron chi connectivity index (χ0n) is 41.5. The number of hydrogen-bond donors (Lipinski definition) is 4. The molecule has 2 amide bonds. The molecule has 10 rings (SSSR count). The number of benzene rings is 5. The van der Waals surface area contributed by atoms with Gasteiger partial charge in [-0.05, 0) is 133 Å². The highest BCUT2D eigenvalue weighted by molar-refractivity contribution is 6.05. The summed E-state index contributed by atoms with van der Waals surface area (Å²) in [5.74, 6) is 0.610. The molecule has 372 valence electrons. The molecule has 0 bridgehead atoms. The smallest absolute Gasteiger partial charge is 0.255 e. The SMILES string of the molecule is C=CC(=C)Nc1cc(C(=O)Nc2ccc(Cc3nccc(-c4cccnc4)n3)cc2)ccc1C.C=CC(=O)Cc1cccc(C(=O)Nc2ccc(Nc3nccc(-c4c(-c5ccccc5)nn5ccccc45)n3)cc2)c1. The van der Waals surface area contributed by atoms with Gasteiger partial charge in [0, 0.05) is 94.5 Å². The fourth-order valence-electron chi connectivity index (χ4n) is 8.05. The van der Waals surface area contributed by atoms with Gasteiger partial charge in [0.25, 0.3) is 11.8 Å². The number of fused-ring (bicyclic) bond motifs is 1. The second-order valence-corrected chi connectivity index (χ2v) is 17.4. The van der Waals surface area contributed by atoms with Crippen molar-refractivity contribution in [3.8, 4) is 33.8 Å². The van der Waals surface area contributed by atoms with E-state index >= 15 is 0 Å². The van der Waals surface area contributed by atoms with Crippen LogP contribution in [0.25, 0.3) is 39.3 Å². The minimum absolute atomic E-state index is 0.0968. The van der Waals surface area contributed by atoms with Gasteiger partial charge in [-0.3, -0.25) is 19.4 Å². The van der Waals surface area contributed by atoms with Crippen LogP contribution < -0.4 is 21.3 Å². The summed E-state index contributed by atoms with van der Waals surface area (Å²) in [6.45, 7) is 13.0. The van der Waals surface area contributed by atoms with Gasteiger partial charge in [0.15, 0.2) is 5.78 Å². The van der Waals surface area contributed by atoms with Gasteiger partial charge in [-0.25, -0.2) is 24.5 Å². The number of hydrogen-bond acceptors (Lipinski definition) is 11. The Bertz CT molecular complexity index is 3730. The Morgan fingerprint density at radius 2 is 1.30 bits per heavy atom. The van der Waals surface area contributed by atoms with Crippen molar-refractivity contribution in [1.29, 1.82) is 0 Å². The minimum atomic E-state index is -0.262. The number of rotatable bonds is 17. The largest absolute Gasteiger partial charge is 0.356 e. The van der Waals surface area contributed by atoms with E-state index in [4.69, 9.17) is 10.1 Å². The van der Waals surface area contributed by atoms with Crippen LogP contribution in [0.4, 0.5) is 28.7 Å². The molecule has 0 saturated heterocycles. The fourth-order valence-corrected chi connectivity index (χ4v) is 8.05. The molecular formula is C62H51N11O3. The van der Waals surface area contributed by atoms with Crippen LogP contribution in [0.3, 0.4) is 0 Å². The summed E-state index contributed by atoms with van der Waals surface area (Å²) in [4.78, 5) is 59.7. The molecule has 0 aliphatic heterocycles. The molecule has 14 heteroatoms. The molecule has 14 nitrogen and oxygen atoms in total. The summed E-state index contributed by atoms with van der Waals surface area (Å²) in [5.41, 5.74) is 13.7. The standard InChI is InChI=1S/C34H26N6O2.C28H25N5O/c1-2-28(41)22-23-9-8-12-25(21-23)33(42)36-26-14-16-27(17-15-26)37-34-35-19-18-29(38-34)31-30-13-6-7-20-40(30)39-32(31)24-10-4-3-5-11-24;1-4-20(3)31-26-17-22(10-7-19(26)2)28(34)32-24-11-8-21(9-12-24)16-27-30-15-13-25(33-27)23-6-5-14-29-18-23/h2-21H,1,22H2,(H,36,42)(H,35,37,38);4-15,17-18,31H,1,3,16H2,2H3,(H,32,34). The molecule has 0 unspecified atom stereocenters. The van der Waals surface area contributed by atoms with E-state index in [0.29, 0.717) is 40.6 Å².